The topological polar surface area (TPSA) is 61.5 Å². The van der Waals surface area contributed by atoms with Gasteiger partial charge < -0.3 is 0 Å². The summed E-state index contributed by atoms with van der Waals surface area (Å²) in [4.78, 5) is 0. The monoisotopic (exact) mass is 207 g/mol. The lowest BCUT2D eigenvalue weighted by molar-refractivity contribution is 0.196. The second-order valence-electron chi connectivity index (χ2n) is 3.47. The quantitative estimate of drug-likeness (QED) is 0.514. The molecule has 1 rings (SSSR count). The number of hydrogen-bond donors (Lipinski definition) is 1. The standard InChI is InChI=1S/C8H18NO3P/c1-2-3-6-11-13(9,10)12-7-8-4-5-8/h8H,2-7H2,1H3,(H2,9,10). The average molecular weight is 207 g/mol. The van der Waals surface area contributed by atoms with Crippen LogP contribution in [0.25, 0.3) is 0 Å². The molecule has 1 atom stereocenters. The van der Waals surface area contributed by atoms with Crippen LogP contribution in [0.15, 0.2) is 0 Å². The predicted molar refractivity (Wildman–Crippen MR) is 51.3 cm³/mol. The van der Waals surface area contributed by atoms with Crippen LogP contribution in [-0.2, 0) is 13.6 Å². The minimum Gasteiger partial charge on any atom is -0.297 e. The highest BCUT2D eigenvalue weighted by Crippen LogP contribution is 2.42. The van der Waals surface area contributed by atoms with E-state index < -0.39 is 7.75 Å². The van der Waals surface area contributed by atoms with Crippen LogP contribution >= 0.6 is 7.75 Å². The van der Waals surface area contributed by atoms with Crippen LogP contribution in [0.3, 0.4) is 0 Å². The molecule has 1 fully saturated rings. The van der Waals surface area contributed by atoms with Gasteiger partial charge >= 0.3 is 7.75 Å². The summed E-state index contributed by atoms with van der Waals surface area (Å²) in [6.07, 6.45) is 4.19. The highest BCUT2D eigenvalue weighted by molar-refractivity contribution is 7.51. The zero-order valence-corrected chi connectivity index (χ0v) is 8.96. The van der Waals surface area contributed by atoms with Crippen LogP contribution in [0, 0.1) is 5.92 Å². The molecule has 0 amide bonds. The Labute approximate surface area is 79.4 Å². The molecular weight excluding hydrogens is 189 g/mol. The zero-order chi connectivity index (χ0) is 9.73. The molecule has 2 N–H and O–H groups in total. The Morgan fingerprint density at radius 2 is 2.15 bits per heavy atom. The van der Waals surface area contributed by atoms with E-state index >= 15 is 0 Å². The van der Waals surface area contributed by atoms with Crippen molar-refractivity contribution in [2.24, 2.45) is 11.4 Å². The minimum atomic E-state index is -3.24. The summed E-state index contributed by atoms with van der Waals surface area (Å²) >= 11 is 0. The molecule has 1 unspecified atom stereocenters. The Balaban J connectivity index is 2.07. The van der Waals surface area contributed by atoms with Crippen LogP contribution in [0.1, 0.15) is 32.6 Å². The van der Waals surface area contributed by atoms with E-state index in [1.54, 1.807) is 0 Å². The van der Waals surface area contributed by atoms with Crippen molar-refractivity contribution in [2.45, 2.75) is 32.6 Å². The summed E-state index contributed by atoms with van der Waals surface area (Å²) < 4.78 is 21.3. The number of hydrogen-bond acceptors (Lipinski definition) is 3. The SMILES string of the molecule is CCCCOP(N)(=O)OCC1CC1. The van der Waals surface area contributed by atoms with Crippen LogP contribution in [0.5, 0.6) is 0 Å². The van der Waals surface area contributed by atoms with Gasteiger partial charge in [-0.1, -0.05) is 13.3 Å². The first-order valence-corrected chi connectivity index (χ1v) is 6.43. The van der Waals surface area contributed by atoms with E-state index in [-0.39, 0.29) is 0 Å². The van der Waals surface area contributed by atoms with Gasteiger partial charge in [0.2, 0.25) is 0 Å². The molecule has 0 aliphatic heterocycles. The number of rotatable bonds is 7. The van der Waals surface area contributed by atoms with E-state index in [0.717, 1.165) is 25.7 Å². The molecular formula is C8H18NO3P. The Morgan fingerprint density at radius 3 is 2.69 bits per heavy atom. The third kappa shape index (κ3) is 5.42. The highest BCUT2D eigenvalue weighted by atomic mass is 31.2. The van der Waals surface area contributed by atoms with Gasteiger partial charge in [0.05, 0.1) is 13.2 Å². The molecule has 0 radical (unpaired) electrons. The maximum atomic E-state index is 11.4. The van der Waals surface area contributed by atoms with Crippen molar-refractivity contribution >= 4 is 7.75 Å². The van der Waals surface area contributed by atoms with E-state index in [2.05, 4.69) is 0 Å². The molecule has 0 aromatic heterocycles. The molecule has 0 spiro atoms. The molecule has 0 aromatic rings. The second-order valence-corrected chi connectivity index (χ2v) is 5.06. The largest absolute Gasteiger partial charge is 0.402 e. The van der Waals surface area contributed by atoms with Crippen molar-refractivity contribution in [2.75, 3.05) is 13.2 Å². The van der Waals surface area contributed by atoms with Crippen LogP contribution in [0.2, 0.25) is 0 Å². The molecule has 0 saturated heterocycles. The molecule has 0 heterocycles. The smallest absolute Gasteiger partial charge is 0.297 e. The third-order valence-corrected chi connectivity index (χ3v) is 3.01. The second kappa shape index (κ2) is 5.11. The van der Waals surface area contributed by atoms with Crippen molar-refractivity contribution in [3.05, 3.63) is 0 Å². The average Bonchev–Trinajstić information content (AvgIpc) is 2.84. The van der Waals surface area contributed by atoms with Crippen molar-refractivity contribution in [3.8, 4) is 0 Å². The normalized spacial score (nSPS) is 21.4. The van der Waals surface area contributed by atoms with E-state index in [4.69, 9.17) is 14.6 Å². The van der Waals surface area contributed by atoms with Gasteiger partial charge in [0.1, 0.15) is 0 Å². The fraction of sp³-hybridized carbons (Fsp3) is 1.00. The summed E-state index contributed by atoms with van der Waals surface area (Å²) in [5.74, 6) is 0.562. The molecule has 13 heavy (non-hydrogen) atoms. The van der Waals surface area contributed by atoms with Gasteiger partial charge in [-0.2, -0.15) is 0 Å². The first-order valence-electron chi connectivity index (χ1n) is 4.82. The Kier molecular flexibility index (Phi) is 4.39. The van der Waals surface area contributed by atoms with Crippen LogP contribution in [0.4, 0.5) is 0 Å². The van der Waals surface area contributed by atoms with Gasteiger partial charge in [0.15, 0.2) is 0 Å². The fourth-order valence-corrected chi connectivity index (χ4v) is 1.74. The van der Waals surface area contributed by atoms with E-state index in [9.17, 15) is 4.57 Å². The first kappa shape index (κ1) is 11.2. The summed E-state index contributed by atoms with van der Waals surface area (Å²) in [5.41, 5.74) is 5.34. The lowest BCUT2D eigenvalue weighted by Gasteiger charge is -2.12. The Bertz CT molecular complexity index is 194. The van der Waals surface area contributed by atoms with Gasteiger partial charge in [0.25, 0.3) is 0 Å². The highest BCUT2D eigenvalue weighted by Gasteiger charge is 2.26. The van der Waals surface area contributed by atoms with Crippen molar-refractivity contribution < 1.29 is 13.6 Å². The maximum absolute atomic E-state index is 11.4. The molecule has 1 saturated carbocycles. The molecule has 0 bridgehead atoms. The van der Waals surface area contributed by atoms with Gasteiger partial charge in [-0.3, -0.25) is 9.05 Å². The summed E-state index contributed by atoms with van der Waals surface area (Å²) in [6, 6.07) is 0. The van der Waals surface area contributed by atoms with Gasteiger partial charge in [-0.15, -0.1) is 0 Å². The Hall–Kier alpha value is 0.110. The van der Waals surface area contributed by atoms with E-state index in [0.29, 0.717) is 19.1 Å². The van der Waals surface area contributed by atoms with Gasteiger partial charge in [-0.05, 0) is 25.2 Å². The molecule has 5 heteroatoms. The minimum absolute atomic E-state index is 0.426. The Morgan fingerprint density at radius 1 is 1.46 bits per heavy atom. The summed E-state index contributed by atoms with van der Waals surface area (Å²) in [6.45, 7) is 2.95. The van der Waals surface area contributed by atoms with Crippen molar-refractivity contribution in [1.29, 1.82) is 0 Å². The molecule has 4 nitrogen and oxygen atoms in total. The summed E-state index contributed by atoms with van der Waals surface area (Å²) in [5, 5.41) is 0. The first-order chi connectivity index (χ1) is 6.14. The maximum Gasteiger partial charge on any atom is 0.402 e. The van der Waals surface area contributed by atoms with E-state index in [1.807, 2.05) is 6.92 Å². The van der Waals surface area contributed by atoms with Crippen molar-refractivity contribution in [1.82, 2.24) is 0 Å². The van der Waals surface area contributed by atoms with Gasteiger partial charge in [0, 0.05) is 0 Å². The van der Waals surface area contributed by atoms with Gasteiger partial charge in [-0.25, -0.2) is 10.1 Å². The third-order valence-electron chi connectivity index (χ3n) is 1.96. The van der Waals surface area contributed by atoms with Crippen molar-refractivity contribution in [3.63, 3.8) is 0 Å². The van der Waals surface area contributed by atoms with Crippen LogP contribution < -0.4 is 5.50 Å². The fourth-order valence-electron chi connectivity index (χ4n) is 0.867. The molecule has 1 aliphatic carbocycles. The lowest BCUT2D eigenvalue weighted by Crippen LogP contribution is -2.06. The molecule has 78 valence electrons. The zero-order valence-electron chi connectivity index (χ0n) is 8.07. The van der Waals surface area contributed by atoms with E-state index in [1.165, 1.54) is 0 Å². The summed E-state index contributed by atoms with van der Waals surface area (Å²) in [7, 11) is -3.24. The molecule has 1 aliphatic rings. The predicted octanol–water partition coefficient (Wildman–Crippen LogP) is 2.30. The molecule has 0 aromatic carbocycles. The lowest BCUT2D eigenvalue weighted by atomic mass is 10.4. The number of nitrogens with two attached hydrogens (primary N) is 1. The van der Waals surface area contributed by atoms with Crippen LogP contribution in [-0.4, -0.2) is 13.2 Å². The number of unbranched alkanes of at least 4 members (excludes halogenated alkanes) is 1.